The Balaban J connectivity index is 2.23. The molecule has 98 valence electrons. The van der Waals surface area contributed by atoms with Crippen LogP contribution in [0.25, 0.3) is 0 Å². The Kier molecular flexibility index (Phi) is 6.78. The zero-order valence-electron chi connectivity index (χ0n) is 11.6. The first-order chi connectivity index (χ1) is 8.19. The van der Waals surface area contributed by atoms with Gasteiger partial charge in [-0.3, -0.25) is 0 Å². The molecule has 1 aromatic heterocycles. The van der Waals surface area contributed by atoms with Crippen molar-refractivity contribution in [3.05, 3.63) is 22.4 Å². The molecule has 1 rings (SSSR count). The quantitative estimate of drug-likeness (QED) is 0.763. The molecule has 0 aromatic carbocycles. The number of hydrogen-bond acceptors (Lipinski definition) is 3. The lowest BCUT2D eigenvalue weighted by Crippen LogP contribution is -2.36. The molecular formula is C14H26N2S. The molecule has 1 N–H and O–H groups in total. The van der Waals surface area contributed by atoms with Crippen molar-refractivity contribution in [1.82, 2.24) is 10.2 Å². The van der Waals surface area contributed by atoms with Gasteiger partial charge in [0, 0.05) is 30.1 Å². The maximum absolute atomic E-state index is 3.59. The fourth-order valence-corrected chi connectivity index (χ4v) is 2.95. The lowest BCUT2D eigenvalue weighted by molar-refractivity contribution is 0.228. The second-order valence-electron chi connectivity index (χ2n) is 4.64. The lowest BCUT2D eigenvalue weighted by Gasteiger charge is -2.26. The smallest absolute Gasteiger partial charge is 0.0386 e. The van der Waals surface area contributed by atoms with Gasteiger partial charge in [-0.25, -0.2) is 0 Å². The Hall–Kier alpha value is -0.380. The van der Waals surface area contributed by atoms with Crippen LogP contribution < -0.4 is 5.32 Å². The van der Waals surface area contributed by atoms with Gasteiger partial charge < -0.3 is 10.2 Å². The van der Waals surface area contributed by atoms with Gasteiger partial charge in [0.2, 0.25) is 0 Å². The molecule has 17 heavy (non-hydrogen) atoms. The lowest BCUT2D eigenvalue weighted by atomic mass is 10.1. The van der Waals surface area contributed by atoms with Crippen molar-refractivity contribution in [1.29, 1.82) is 0 Å². The van der Waals surface area contributed by atoms with Crippen LogP contribution in [0.1, 0.15) is 44.5 Å². The number of nitrogens with one attached hydrogen (secondary N) is 1. The maximum atomic E-state index is 3.59. The van der Waals surface area contributed by atoms with E-state index in [-0.39, 0.29) is 0 Å². The minimum absolute atomic E-state index is 0.477. The number of thiophene rings is 1. The first-order valence-electron chi connectivity index (χ1n) is 6.66. The fraction of sp³-hybridized carbons (Fsp3) is 0.714. The second-order valence-corrected chi connectivity index (χ2v) is 5.62. The van der Waals surface area contributed by atoms with Crippen LogP contribution in [0.15, 0.2) is 17.5 Å². The molecule has 0 amide bonds. The van der Waals surface area contributed by atoms with Crippen molar-refractivity contribution < 1.29 is 0 Å². The molecular weight excluding hydrogens is 228 g/mol. The van der Waals surface area contributed by atoms with Crippen molar-refractivity contribution in [2.24, 2.45) is 0 Å². The van der Waals surface area contributed by atoms with Crippen molar-refractivity contribution in [2.75, 3.05) is 20.1 Å². The van der Waals surface area contributed by atoms with Gasteiger partial charge in [0.25, 0.3) is 0 Å². The molecule has 1 heterocycles. The molecule has 0 bridgehead atoms. The van der Waals surface area contributed by atoms with Crippen molar-refractivity contribution in [3.63, 3.8) is 0 Å². The number of hydrogen-bond donors (Lipinski definition) is 1. The largest absolute Gasteiger partial charge is 0.308 e. The third kappa shape index (κ3) is 4.78. The zero-order chi connectivity index (χ0) is 12.7. The summed E-state index contributed by atoms with van der Waals surface area (Å²) in [7, 11) is 2.23. The van der Waals surface area contributed by atoms with Crippen molar-refractivity contribution in [3.8, 4) is 0 Å². The van der Waals surface area contributed by atoms with E-state index in [1.54, 1.807) is 0 Å². The standard InChI is InChI=1S/C14H26N2S/c1-5-13(6-2)16(4)10-9-15-12(3)14-8-7-11-17-14/h7-8,11-13,15H,5-6,9-10H2,1-4H3. The minimum Gasteiger partial charge on any atom is -0.308 e. The topological polar surface area (TPSA) is 15.3 Å². The Labute approximate surface area is 110 Å². The molecule has 1 atom stereocenters. The molecule has 3 heteroatoms. The summed E-state index contributed by atoms with van der Waals surface area (Å²) >= 11 is 1.83. The minimum atomic E-state index is 0.477. The summed E-state index contributed by atoms with van der Waals surface area (Å²) in [6.45, 7) is 8.97. The summed E-state index contributed by atoms with van der Waals surface area (Å²) in [5.41, 5.74) is 0. The summed E-state index contributed by atoms with van der Waals surface area (Å²) in [4.78, 5) is 3.89. The van der Waals surface area contributed by atoms with E-state index >= 15 is 0 Å². The summed E-state index contributed by atoms with van der Waals surface area (Å²) in [6.07, 6.45) is 2.49. The molecule has 0 spiro atoms. The number of rotatable bonds is 8. The number of likely N-dealkylation sites (N-methyl/N-ethyl adjacent to an activating group) is 1. The molecule has 0 aliphatic carbocycles. The van der Waals surface area contributed by atoms with Crippen LogP contribution in [0.4, 0.5) is 0 Å². The zero-order valence-corrected chi connectivity index (χ0v) is 12.4. The normalized spacial score (nSPS) is 13.5. The maximum Gasteiger partial charge on any atom is 0.0386 e. The average molecular weight is 254 g/mol. The van der Waals surface area contributed by atoms with E-state index in [0.717, 1.165) is 19.1 Å². The molecule has 0 aliphatic heterocycles. The Morgan fingerprint density at radius 2 is 2.06 bits per heavy atom. The van der Waals surface area contributed by atoms with Gasteiger partial charge in [0.1, 0.15) is 0 Å². The van der Waals surface area contributed by atoms with Gasteiger partial charge in [-0.05, 0) is 38.3 Å². The molecule has 2 nitrogen and oxygen atoms in total. The monoisotopic (exact) mass is 254 g/mol. The average Bonchev–Trinajstić information content (AvgIpc) is 2.84. The number of nitrogens with zero attached hydrogens (tertiary/aromatic N) is 1. The molecule has 0 radical (unpaired) electrons. The van der Waals surface area contributed by atoms with E-state index in [0.29, 0.717) is 6.04 Å². The second kappa shape index (κ2) is 7.85. The molecule has 0 fully saturated rings. The van der Waals surface area contributed by atoms with Gasteiger partial charge >= 0.3 is 0 Å². The van der Waals surface area contributed by atoms with Gasteiger partial charge in [-0.1, -0.05) is 19.9 Å². The third-order valence-electron chi connectivity index (χ3n) is 3.45. The third-order valence-corrected chi connectivity index (χ3v) is 4.51. The van der Waals surface area contributed by atoms with E-state index in [1.807, 2.05) is 11.3 Å². The highest BCUT2D eigenvalue weighted by Gasteiger charge is 2.10. The van der Waals surface area contributed by atoms with Crippen LogP contribution >= 0.6 is 11.3 Å². The summed E-state index contributed by atoms with van der Waals surface area (Å²) < 4.78 is 0. The van der Waals surface area contributed by atoms with Gasteiger partial charge in [-0.15, -0.1) is 11.3 Å². The highest BCUT2D eigenvalue weighted by atomic mass is 32.1. The van der Waals surface area contributed by atoms with Crippen LogP contribution in [0.3, 0.4) is 0 Å². The van der Waals surface area contributed by atoms with Crippen LogP contribution in [0.5, 0.6) is 0 Å². The Morgan fingerprint density at radius 3 is 2.59 bits per heavy atom. The SMILES string of the molecule is CCC(CC)N(C)CCNC(C)c1cccs1. The predicted molar refractivity (Wildman–Crippen MR) is 77.7 cm³/mol. The molecule has 0 saturated heterocycles. The van der Waals surface area contributed by atoms with E-state index in [4.69, 9.17) is 0 Å². The highest BCUT2D eigenvalue weighted by Crippen LogP contribution is 2.17. The molecule has 1 unspecified atom stereocenters. The summed E-state index contributed by atoms with van der Waals surface area (Å²) in [5, 5.41) is 5.73. The van der Waals surface area contributed by atoms with Crippen molar-refractivity contribution in [2.45, 2.75) is 45.7 Å². The highest BCUT2D eigenvalue weighted by molar-refractivity contribution is 7.10. The summed E-state index contributed by atoms with van der Waals surface area (Å²) in [5.74, 6) is 0. The molecule has 0 saturated carbocycles. The summed E-state index contributed by atoms with van der Waals surface area (Å²) in [6, 6.07) is 5.53. The van der Waals surface area contributed by atoms with E-state index < -0.39 is 0 Å². The molecule has 1 aromatic rings. The predicted octanol–water partition coefficient (Wildman–Crippen LogP) is 3.52. The van der Waals surface area contributed by atoms with E-state index in [9.17, 15) is 0 Å². The van der Waals surface area contributed by atoms with Crippen molar-refractivity contribution >= 4 is 11.3 Å². The van der Waals surface area contributed by atoms with Gasteiger partial charge in [0.05, 0.1) is 0 Å². The van der Waals surface area contributed by atoms with Crippen LogP contribution in [0.2, 0.25) is 0 Å². The van der Waals surface area contributed by atoms with E-state index in [2.05, 4.69) is 55.5 Å². The molecule has 0 aliphatic rings. The van der Waals surface area contributed by atoms with Gasteiger partial charge in [0.15, 0.2) is 0 Å². The van der Waals surface area contributed by atoms with Crippen LogP contribution in [0, 0.1) is 0 Å². The Bertz CT molecular complexity index is 280. The van der Waals surface area contributed by atoms with Gasteiger partial charge in [-0.2, -0.15) is 0 Å². The van der Waals surface area contributed by atoms with Crippen LogP contribution in [-0.2, 0) is 0 Å². The first kappa shape index (κ1) is 14.7. The Morgan fingerprint density at radius 1 is 1.35 bits per heavy atom. The fourth-order valence-electron chi connectivity index (χ4n) is 2.19. The van der Waals surface area contributed by atoms with E-state index in [1.165, 1.54) is 17.7 Å². The van der Waals surface area contributed by atoms with Crippen LogP contribution in [-0.4, -0.2) is 31.1 Å². The first-order valence-corrected chi connectivity index (χ1v) is 7.54.